The quantitative estimate of drug-likeness (QED) is 0.144. The molecule has 4 nitrogen and oxygen atoms in total. The number of aliphatic imine (C=N–C) groups is 2. The minimum atomic E-state index is 0.571. The number of para-hydroxylation sites is 3. The largest absolute Gasteiger partial charge is 0.310 e. The third-order valence-corrected chi connectivity index (χ3v) is 12.4. The van der Waals surface area contributed by atoms with Gasteiger partial charge in [-0.25, -0.2) is 0 Å². The van der Waals surface area contributed by atoms with Crippen LogP contribution in [0, 0.1) is 6.92 Å². The predicted octanol–water partition coefficient (Wildman–Crippen LogP) is 13.7. The fourth-order valence-corrected chi connectivity index (χ4v) is 9.72. The van der Waals surface area contributed by atoms with Crippen molar-refractivity contribution in [2.75, 3.05) is 0 Å². The number of rotatable bonds is 7. The Kier molecular flexibility index (Phi) is 11.4. The van der Waals surface area contributed by atoms with E-state index in [1.165, 1.54) is 59.2 Å². The number of fused-ring (bicyclic) bond motifs is 7. The number of thiophene rings is 1. The van der Waals surface area contributed by atoms with E-state index in [-0.39, 0.29) is 0 Å². The lowest BCUT2D eigenvalue weighted by atomic mass is 10.1. The molecule has 0 radical (unpaired) electrons. The first-order valence-electron chi connectivity index (χ1n) is 21.2. The maximum absolute atomic E-state index is 5.17. The summed E-state index contributed by atoms with van der Waals surface area (Å²) < 4.78 is 5.92. The summed E-state index contributed by atoms with van der Waals surface area (Å²) in [6, 6.07) is 62.1. The summed E-state index contributed by atoms with van der Waals surface area (Å²) in [7, 11) is 0. The van der Waals surface area contributed by atoms with Crippen molar-refractivity contribution in [3.63, 3.8) is 0 Å². The summed E-state index contributed by atoms with van der Waals surface area (Å²) in [5.74, 6) is 0. The predicted molar refractivity (Wildman–Crippen MR) is 264 cm³/mol. The van der Waals surface area contributed by atoms with Crippen LogP contribution in [0.25, 0.3) is 66.3 Å². The van der Waals surface area contributed by atoms with E-state index in [9.17, 15) is 0 Å². The smallest absolute Gasteiger partial charge is 0.0903 e. The fraction of sp³-hybridized carbons (Fsp3) is 0.107. The number of aromatic nitrogens is 2. The molecule has 1 aliphatic rings. The average molecular weight is 809 g/mol. The van der Waals surface area contributed by atoms with Crippen LogP contribution in [0.1, 0.15) is 48.3 Å². The van der Waals surface area contributed by atoms with Gasteiger partial charge in [-0.05, 0) is 86.6 Å². The summed E-state index contributed by atoms with van der Waals surface area (Å²) in [4.78, 5) is 10.7. The molecule has 7 aromatic carbocycles. The van der Waals surface area contributed by atoms with Crippen LogP contribution in [-0.4, -0.2) is 21.6 Å². The summed E-state index contributed by atoms with van der Waals surface area (Å²) >= 11 is 1.72. The van der Waals surface area contributed by atoms with Gasteiger partial charge in [0.05, 0.1) is 39.4 Å². The van der Waals surface area contributed by atoms with Gasteiger partial charge in [0, 0.05) is 53.8 Å². The van der Waals surface area contributed by atoms with Crippen LogP contribution < -0.4 is 10.6 Å². The van der Waals surface area contributed by atoms with Crippen molar-refractivity contribution in [1.82, 2.24) is 9.13 Å². The lowest BCUT2D eigenvalue weighted by Crippen LogP contribution is -2.30. The Morgan fingerprint density at radius 2 is 1.16 bits per heavy atom. The Labute approximate surface area is 361 Å². The van der Waals surface area contributed by atoms with Crippen LogP contribution in [0.15, 0.2) is 186 Å². The maximum Gasteiger partial charge on any atom is 0.0903 e. The highest BCUT2D eigenvalue weighted by Gasteiger charge is 2.18. The molecule has 3 aromatic heterocycles. The van der Waals surface area contributed by atoms with Crippen molar-refractivity contribution in [3.8, 4) is 11.4 Å². The monoisotopic (exact) mass is 808 g/mol. The zero-order chi connectivity index (χ0) is 41.7. The Bertz CT molecular complexity index is 3310. The average Bonchev–Trinajstić information content (AvgIpc) is 3.98. The molecular weight excluding hydrogens is 761 g/mol. The first-order chi connectivity index (χ1) is 30.2. The number of benzene rings is 7. The Morgan fingerprint density at radius 1 is 0.574 bits per heavy atom. The van der Waals surface area contributed by atoms with Gasteiger partial charge in [-0.15, -0.1) is 11.3 Å². The molecule has 5 heteroatoms. The third-order valence-electron chi connectivity index (χ3n) is 11.3. The molecule has 0 fully saturated rings. The molecule has 298 valence electrons. The highest BCUT2D eigenvalue weighted by Crippen LogP contribution is 2.39. The van der Waals surface area contributed by atoms with E-state index in [1.807, 2.05) is 26.0 Å². The van der Waals surface area contributed by atoms with Gasteiger partial charge >= 0.3 is 0 Å². The van der Waals surface area contributed by atoms with E-state index in [4.69, 9.17) is 4.99 Å². The second kappa shape index (κ2) is 17.6. The summed E-state index contributed by atoms with van der Waals surface area (Å²) in [6.07, 6.45) is 7.02. The van der Waals surface area contributed by atoms with Gasteiger partial charge in [-0.1, -0.05) is 153 Å². The second-order valence-corrected chi connectivity index (χ2v) is 16.0. The Balaban J connectivity index is 0.000000188. The van der Waals surface area contributed by atoms with Crippen LogP contribution >= 0.6 is 11.3 Å². The summed E-state index contributed by atoms with van der Waals surface area (Å²) in [6.45, 7) is 10.6. The van der Waals surface area contributed by atoms with E-state index >= 15 is 0 Å². The molecule has 61 heavy (non-hydrogen) atoms. The summed E-state index contributed by atoms with van der Waals surface area (Å²) in [5, 5.41) is 7.78. The van der Waals surface area contributed by atoms with E-state index in [0.717, 1.165) is 51.3 Å². The molecule has 0 unspecified atom stereocenters. The zero-order valence-corrected chi connectivity index (χ0v) is 35.7. The molecule has 0 bridgehead atoms. The van der Waals surface area contributed by atoms with E-state index in [1.54, 1.807) is 11.3 Å². The lowest BCUT2D eigenvalue weighted by molar-refractivity contribution is 1.02. The zero-order valence-electron chi connectivity index (χ0n) is 34.9. The topological polar surface area (TPSA) is 34.6 Å². The SMILES string of the molecule is C1=c2c(n(-c3ccccc3)c3ccccc23)=CCC1.C=Nc1c(C(=NCc2ccc(-n3c4ccccc4c4cc(C)ccc43)cc2)c2ccccc2)sc2ccccc12.CC. The Morgan fingerprint density at radius 3 is 1.90 bits per heavy atom. The van der Waals surface area contributed by atoms with Crippen LogP contribution in [-0.2, 0) is 6.54 Å². The van der Waals surface area contributed by atoms with Crippen molar-refractivity contribution in [2.24, 2.45) is 9.98 Å². The normalized spacial score (nSPS) is 12.2. The van der Waals surface area contributed by atoms with Gasteiger partial charge in [0.15, 0.2) is 0 Å². The molecule has 0 amide bonds. The Hall–Kier alpha value is -7.08. The molecule has 0 saturated heterocycles. The first-order valence-corrected chi connectivity index (χ1v) is 22.0. The van der Waals surface area contributed by atoms with Crippen molar-refractivity contribution in [1.29, 1.82) is 0 Å². The molecule has 0 aliphatic heterocycles. The van der Waals surface area contributed by atoms with Crippen molar-refractivity contribution in [3.05, 3.63) is 208 Å². The molecule has 0 saturated carbocycles. The number of aryl methyl sites for hydroxylation is 1. The molecule has 3 heterocycles. The van der Waals surface area contributed by atoms with Gasteiger partial charge < -0.3 is 9.13 Å². The van der Waals surface area contributed by atoms with Crippen LogP contribution in [0.2, 0.25) is 0 Å². The molecule has 10 aromatic rings. The van der Waals surface area contributed by atoms with Crippen LogP contribution in [0.5, 0.6) is 0 Å². The number of hydrogen-bond donors (Lipinski definition) is 0. The second-order valence-electron chi connectivity index (χ2n) is 15.0. The molecule has 0 spiro atoms. The standard InChI is InChI=1S/C36H27N3S.C18H15N.C2H6/c1-24-16-21-32-30(22-24)28-12-6-8-14-31(28)39(32)27-19-17-25(18-20-27)23-38-34(26-10-4-3-5-11-26)36-35(37-2)29-13-7-9-15-33(29)40-36;1-2-8-14(9-3-1)19-17-12-6-4-10-15(17)16-11-5-7-13-18(16)19;1-2/h3-22H,2,23H2,1H3;1-4,6,8-13H,5,7H2;1-2H3. The summed E-state index contributed by atoms with van der Waals surface area (Å²) in [5.41, 5.74) is 11.5. The van der Waals surface area contributed by atoms with Gasteiger partial charge in [0.2, 0.25) is 0 Å². The van der Waals surface area contributed by atoms with Gasteiger partial charge in [-0.3, -0.25) is 9.98 Å². The molecule has 11 rings (SSSR count). The van der Waals surface area contributed by atoms with Crippen LogP contribution in [0.3, 0.4) is 0 Å². The molecule has 1 aliphatic carbocycles. The molecule has 0 N–H and O–H groups in total. The van der Waals surface area contributed by atoms with E-state index in [2.05, 4.69) is 204 Å². The third kappa shape index (κ3) is 7.54. The maximum atomic E-state index is 5.17. The minimum absolute atomic E-state index is 0.571. The van der Waals surface area contributed by atoms with E-state index < -0.39 is 0 Å². The minimum Gasteiger partial charge on any atom is -0.310 e. The van der Waals surface area contributed by atoms with Crippen LogP contribution in [0.4, 0.5) is 5.69 Å². The van der Waals surface area contributed by atoms with Gasteiger partial charge in [0.25, 0.3) is 0 Å². The van der Waals surface area contributed by atoms with Gasteiger partial charge in [-0.2, -0.15) is 0 Å². The number of nitrogens with zero attached hydrogens (tertiary/aromatic N) is 4. The lowest BCUT2D eigenvalue weighted by Gasteiger charge is -2.10. The fourth-order valence-electron chi connectivity index (χ4n) is 8.53. The number of hydrogen-bond acceptors (Lipinski definition) is 3. The first kappa shape index (κ1) is 39.4. The molecular formula is C56H48N4S. The van der Waals surface area contributed by atoms with Crippen molar-refractivity contribution < 1.29 is 0 Å². The van der Waals surface area contributed by atoms with E-state index in [0.29, 0.717) is 6.54 Å². The highest BCUT2D eigenvalue weighted by atomic mass is 32.1. The highest BCUT2D eigenvalue weighted by molar-refractivity contribution is 7.21. The van der Waals surface area contributed by atoms with Gasteiger partial charge in [0.1, 0.15) is 0 Å². The van der Waals surface area contributed by atoms with Crippen molar-refractivity contribution in [2.45, 2.75) is 40.2 Å². The molecule has 0 atom stereocenters. The van der Waals surface area contributed by atoms with Crippen molar-refractivity contribution >= 4 is 84.4 Å².